The zero-order valence-corrected chi connectivity index (χ0v) is 11.7. The Labute approximate surface area is 121 Å². The molecule has 112 valence electrons. The van der Waals surface area contributed by atoms with Gasteiger partial charge < -0.3 is 14.4 Å². The van der Waals surface area contributed by atoms with Crippen LogP contribution in [-0.2, 0) is 14.3 Å². The Hall–Kier alpha value is -2.21. The molecule has 0 unspecified atom stereocenters. The molecular weight excluding hydrogens is 277 g/mol. The maximum Gasteiger partial charge on any atom is 0.337 e. The van der Waals surface area contributed by atoms with Crippen LogP contribution in [0.2, 0.25) is 0 Å². The Morgan fingerprint density at radius 1 is 1.24 bits per heavy atom. The second-order valence-electron chi connectivity index (χ2n) is 4.51. The van der Waals surface area contributed by atoms with E-state index in [1.54, 1.807) is 12.1 Å². The molecule has 0 aromatic heterocycles. The van der Waals surface area contributed by atoms with Crippen molar-refractivity contribution in [2.24, 2.45) is 0 Å². The van der Waals surface area contributed by atoms with Gasteiger partial charge in [-0.05, 0) is 23.8 Å². The average Bonchev–Trinajstić information content (AvgIpc) is 2.55. The second kappa shape index (κ2) is 6.99. The molecule has 1 amide bonds. The van der Waals surface area contributed by atoms with Crippen molar-refractivity contribution in [2.75, 3.05) is 33.4 Å². The van der Waals surface area contributed by atoms with Crippen molar-refractivity contribution in [3.8, 4) is 0 Å². The van der Waals surface area contributed by atoms with Gasteiger partial charge in [0.1, 0.15) is 0 Å². The summed E-state index contributed by atoms with van der Waals surface area (Å²) < 4.78 is 23.6. The summed E-state index contributed by atoms with van der Waals surface area (Å²) in [4.78, 5) is 24.6. The highest BCUT2D eigenvalue weighted by Gasteiger charge is 2.20. The zero-order valence-electron chi connectivity index (χ0n) is 11.7. The molecule has 1 heterocycles. The highest BCUT2D eigenvalue weighted by atomic mass is 19.1. The Morgan fingerprint density at radius 3 is 2.43 bits per heavy atom. The molecule has 1 saturated heterocycles. The van der Waals surface area contributed by atoms with Crippen LogP contribution in [-0.4, -0.2) is 50.2 Å². The summed E-state index contributed by atoms with van der Waals surface area (Å²) in [6, 6.07) is 6.14. The summed E-state index contributed by atoms with van der Waals surface area (Å²) in [5.41, 5.74) is 0.872. The number of halogens is 1. The van der Waals surface area contributed by atoms with E-state index in [0.29, 0.717) is 37.4 Å². The number of ether oxygens (including phenoxy) is 2. The summed E-state index contributed by atoms with van der Waals surface area (Å²) in [5, 5.41) is 0. The minimum atomic E-state index is -0.831. The van der Waals surface area contributed by atoms with Crippen LogP contribution in [0.25, 0.3) is 6.08 Å². The molecule has 0 saturated carbocycles. The summed E-state index contributed by atoms with van der Waals surface area (Å²) in [6.45, 7) is 1.63. The molecule has 0 bridgehead atoms. The Kier molecular flexibility index (Phi) is 5.05. The van der Waals surface area contributed by atoms with Crippen molar-refractivity contribution < 1.29 is 23.5 Å². The van der Waals surface area contributed by atoms with Gasteiger partial charge in [-0.15, -0.1) is 0 Å². The summed E-state index contributed by atoms with van der Waals surface area (Å²) in [6.07, 6.45) is 1.15. The van der Waals surface area contributed by atoms with E-state index in [2.05, 4.69) is 4.74 Å². The fraction of sp³-hybridized carbons (Fsp3) is 0.333. The third-order valence-corrected chi connectivity index (χ3v) is 3.13. The van der Waals surface area contributed by atoms with E-state index in [1.165, 1.54) is 24.1 Å². The smallest absolute Gasteiger partial charge is 0.337 e. The van der Waals surface area contributed by atoms with Crippen LogP contribution >= 0.6 is 0 Å². The number of nitrogens with zero attached hydrogens (tertiary/aromatic N) is 1. The van der Waals surface area contributed by atoms with Gasteiger partial charge in [0.15, 0.2) is 5.83 Å². The van der Waals surface area contributed by atoms with Crippen molar-refractivity contribution in [1.29, 1.82) is 0 Å². The summed E-state index contributed by atoms with van der Waals surface area (Å²) in [5.74, 6) is -1.94. The number of carbonyl (C=O) groups is 2. The topological polar surface area (TPSA) is 55.8 Å². The average molecular weight is 293 g/mol. The number of amides is 1. The van der Waals surface area contributed by atoms with Crippen LogP contribution in [0, 0.1) is 0 Å². The number of esters is 1. The molecule has 1 aliphatic rings. The molecule has 0 spiro atoms. The third kappa shape index (κ3) is 3.88. The van der Waals surface area contributed by atoms with E-state index in [0.717, 1.165) is 6.08 Å². The number of rotatable bonds is 3. The molecule has 1 aromatic carbocycles. The molecule has 5 nitrogen and oxygen atoms in total. The van der Waals surface area contributed by atoms with Gasteiger partial charge in [0.2, 0.25) is 0 Å². The molecule has 1 aromatic rings. The highest BCUT2D eigenvalue weighted by Crippen LogP contribution is 2.13. The maximum atomic E-state index is 13.9. The molecule has 1 aliphatic heterocycles. The fourth-order valence-electron chi connectivity index (χ4n) is 1.96. The molecule has 2 rings (SSSR count). The Bertz CT molecular complexity index is 547. The molecule has 0 aliphatic carbocycles. The van der Waals surface area contributed by atoms with Crippen molar-refractivity contribution in [2.45, 2.75) is 0 Å². The standard InChI is InChI=1S/C15H16FNO4/c1-20-15(19)12-4-2-11(3-5-12)10-13(16)14(18)17-6-8-21-9-7-17/h2-5,10H,6-9H2,1H3/b13-10-. The lowest BCUT2D eigenvalue weighted by atomic mass is 10.1. The highest BCUT2D eigenvalue weighted by molar-refractivity contribution is 5.96. The number of morpholine rings is 1. The number of benzene rings is 1. The first-order valence-corrected chi connectivity index (χ1v) is 6.54. The first-order valence-electron chi connectivity index (χ1n) is 6.54. The molecule has 0 atom stereocenters. The van der Waals surface area contributed by atoms with Crippen LogP contribution in [0.15, 0.2) is 30.1 Å². The van der Waals surface area contributed by atoms with Gasteiger partial charge in [-0.1, -0.05) is 12.1 Å². The van der Waals surface area contributed by atoms with E-state index in [9.17, 15) is 14.0 Å². The van der Waals surface area contributed by atoms with Gasteiger partial charge in [0, 0.05) is 13.1 Å². The number of carbonyl (C=O) groups excluding carboxylic acids is 2. The van der Waals surface area contributed by atoms with Crippen LogP contribution in [0.3, 0.4) is 0 Å². The van der Waals surface area contributed by atoms with Gasteiger partial charge in [-0.25, -0.2) is 9.18 Å². The van der Waals surface area contributed by atoms with Crippen LogP contribution < -0.4 is 0 Å². The molecule has 6 heteroatoms. The van der Waals surface area contributed by atoms with Crippen molar-refractivity contribution in [3.63, 3.8) is 0 Å². The minimum absolute atomic E-state index is 0.370. The maximum absolute atomic E-state index is 13.9. The Morgan fingerprint density at radius 2 is 1.86 bits per heavy atom. The lowest BCUT2D eigenvalue weighted by Gasteiger charge is -2.26. The van der Waals surface area contributed by atoms with Gasteiger partial charge >= 0.3 is 5.97 Å². The van der Waals surface area contributed by atoms with E-state index in [-0.39, 0.29) is 0 Å². The first-order chi connectivity index (χ1) is 10.1. The quantitative estimate of drug-likeness (QED) is 0.628. The summed E-state index contributed by atoms with van der Waals surface area (Å²) in [7, 11) is 1.29. The largest absolute Gasteiger partial charge is 0.465 e. The van der Waals surface area contributed by atoms with E-state index in [1.807, 2.05) is 0 Å². The fourth-order valence-corrected chi connectivity index (χ4v) is 1.96. The van der Waals surface area contributed by atoms with Gasteiger partial charge in [0.05, 0.1) is 25.9 Å². The monoisotopic (exact) mass is 293 g/mol. The van der Waals surface area contributed by atoms with Gasteiger partial charge in [0.25, 0.3) is 5.91 Å². The van der Waals surface area contributed by atoms with Crippen LogP contribution in [0.4, 0.5) is 4.39 Å². The van der Waals surface area contributed by atoms with E-state index in [4.69, 9.17) is 4.74 Å². The van der Waals surface area contributed by atoms with E-state index < -0.39 is 17.7 Å². The van der Waals surface area contributed by atoms with Gasteiger partial charge in [-0.2, -0.15) is 0 Å². The Balaban J connectivity index is 2.07. The van der Waals surface area contributed by atoms with E-state index >= 15 is 0 Å². The van der Waals surface area contributed by atoms with Crippen LogP contribution in [0.1, 0.15) is 15.9 Å². The molecule has 21 heavy (non-hydrogen) atoms. The van der Waals surface area contributed by atoms with Crippen molar-refractivity contribution in [1.82, 2.24) is 4.90 Å². The predicted molar refractivity (Wildman–Crippen MR) is 74.3 cm³/mol. The number of hydrogen-bond donors (Lipinski definition) is 0. The van der Waals surface area contributed by atoms with Crippen molar-refractivity contribution >= 4 is 18.0 Å². The molecular formula is C15H16FNO4. The third-order valence-electron chi connectivity index (χ3n) is 3.13. The SMILES string of the molecule is COC(=O)c1ccc(/C=C(\F)C(=O)N2CCOCC2)cc1. The lowest BCUT2D eigenvalue weighted by molar-refractivity contribution is -0.132. The molecule has 0 radical (unpaired) electrons. The molecule has 0 N–H and O–H groups in total. The second-order valence-corrected chi connectivity index (χ2v) is 4.51. The minimum Gasteiger partial charge on any atom is -0.465 e. The zero-order chi connectivity index (χ0) is 15.2. The van der Waals surface area contributed by atoms with Crippen molar-refractivity contribution in [3.05, 3.63) is 41.2 Å². The normalized spacial score (nSPS) is 15.7. The number of hydrogen-bond acceptors (Lipinski definition) is 4. The first kappa shape index (κ1) is 15.2. The predicted octanol–water partition coefficient (Wildman–Crippen LogP) is 1.64. The lowest BCUT2D eigenvalue weighted by Crippen LogP contribution is -2.40. The van der Waals surface area contributed by atoms with Gasteiger partial charge in [-0.3, -0.25) is 4.79 Å². The number of methoxy groups -OCH3 is 1. The summed E-state index contributed by atoms with van der Waals surface area (Å²) >= 11 is 0. The molecule has 1 fully saturated rings. The van der Waals surface area contributed by atoms with Crippen LogP contribution in [0.5, 0.6) is 0 Å².